The predicted molar refractivity (Wildman–Crippen MR) is 133 cm³/mol. The van der Waals surface area contributed by atoms with Gasteiger partial charge >= 0.3 is 0 Å². The maximum atomic E-state index is 14.3. The number of pyridine rings is 1. The van der Waals surface area contributed by atoms with Crippen molar-refractivity contribution in [1.29, 1.82) is 0 Å². The van der Waals surface area contributed by atoms with Crippen LogP contribution in [0.4, 0.5) is 21.6 Å². The Hall–Kier alpha value is -3.15. The van der Waals surface area contributed by atoms with E-state index in [4.69, 9.17) is 11.6 Å². The summed E-state index contributed by atoms with van der Waals surface area (Å²) in [5.41, 5.74) is 2.42. The van der Waals surface area contributed by atoms with E-state index in [1.807, 2.05) is 4.90 Å². The Bertz CT molecular complexity index is 1340. The van der Waals surface area contributed by atoms with Crippen LogP contribution in [0.5, 0.6) is 0 Å². The van der Waals surface area contributed by atoms with Crippen LogP contribution >= 0.6 is 11.6 Å². The zero-order valence-electron chi connectivity index (χ0n) is 19.0. The van der Waals surface area contributed by atoms with Gasteiger partial charge in [-0.1, -0.05) is 11.6 Å². The molecule has 0 atom stereocenters. The first-order valence-corrected chi connectivity index (χ1v) is 13.1. The fourth-order valence-corrected chi connectivity index (χ4v) is 5.02. The van der Waals surface area contributed by atoms with Crippen molar-refractivity contribution in [2.24, 2.45) is 0 Å². The van der Waals surface area contributed by atoms with Gasteiger partial charge in [0.2, 0.25) is 5.91 Å². The van der Waals surface area contributed by atoms with Crippen LogP contribution in [-0.4, -0.2) is 65.5 Å². The fourth-order valence-electron chi connectivity index (χ4n) is 3.58. The van der Waals surface area contributed by atoms with Crippen LogP contribution < -0.4 is 10.6 Å². The van der Waals surface area contributed by atoms with E-state index in [2.05, 4.69) is 25.8 Å². The molecule has 0 radical (unpaired) electrons. The first kappa shape index (κ1) is 25.0. The lowest BCUT2D eigenvalue weighted by Gasteiger charge is -2.26. The van der Waals surface area contributed by atoms with Crippen LogP contribution in [0, 0.1) is 12.7 Å². The lowest BCUT2D eigenvalue weighted by atomic mass is 10.1. The second-order valence-corrected chi connectivity index (χ2v) is 10.9. The standard InChI is InChI=1S/C23H24ClFN6O3S/c1-15-20(14-21(30-29-15)18-12-16(24)2-3-19(18)25)27-17-4-6-26-22(13-17)28-23(32)5-7-31-8-10-35(33,34)11-9-31/h2-4,6,12-14H,5,7-11H2,1H3,(H2,26,27,28,30,32). The van der Waals surface area contributed by atoms with E-state index in [1.54, 1.807) is 31.3 Å². The van der Waals surface area contributed by atoms with Crippen molar-refractivity contribution >= 4 is 44.5 Å². The van der Waals surface area contributed by atoms with E-state index in [0.29, 0.717) is 53.2 Å². The molecule has 184 valence electrons. The number of anilines is 3. The van der Waals surface area contributed by atoms with Gasteiger partial charge in [0.25, 0.3) is 0 Å². The topological polar surface area (TPSA) is 117 Å². The summed E-state index contributed by atoms with van der Waals surface area (Å²) in [7, 11) is -2.95. The number of amides is 1. The first-order valence-electron chi connectivity index (χ1n) is 10.9. The number of hydrogen-bond donors (Lipinski definition) is 2. The second kappa shape index (κ2) is 10.6. The van der Waals surface area contributed by atoms with Gasteiger partial charge in [-0.05, 0) is 37.3 Å². The molecule has 4 rings (SSSR count). The average molecular weight is 519 g/mol. The lowest BCUT2D eigenvalue weighted by Crippen LogP contribution is -2.41. The van der Waals surface area contributed by atoms with Gasteiger partial charge in [-0.2, -0.15) is 10.2 Å². The van der Waals surface area contributed by atoms with Gasteiger partial charge in [-0.15, -0.1) is 0 Å². The van der Waals surface area contributed by atoms with Crippen LogP contribution in [-0.2, 0) is 14.6 Å². The SMILES string of the molecule is Cc1nnc(-c2cc(Cl)ccc2F)cc1Nc1ccnc(NC(=O)CCN2CCS(=O)(=O)CC2)c1. The number of carbonyl (C=O) groups excluding carboxylic acids is 1. The third-order valence-corrected chi connectivity index (χ3v) is 7.43. The van der Waals surface area contributed by atoms with Gasteiger partial charge < -0.3 is 15.5 Å². The Kier molecular flexibility index (Phi) is 7.58. The molecule has 1 aliphatic heterocycles. The highest BCUT2D eigenvalue weighted by molar-refractivity contribution is 7.91. The van der Waals surface area contributed by atoms with E-state index in [9.17, 15) is 17.6 Å². The number of rotatable bonds is 7. The van der Waals surface area contributed by atoms with Crippen LogP contribution in [0.15, 0.2) is 42.6 Å². The average Bonchev–Trinajstić information content (AvgIpc) is 2.82. The third kappa shape index (κ3) is 6.71. The summed E-state index contributed by atoms with van der Waals surface area (Å²) >= 11 is 6.01. The molecular formula is C23H24ClFN6O3S. The lowest BCUT2D eigenvalue weighted by molar-refractivity contribution is -0.116. The molecule has 1 fully saturated rings. The molecule has 0 aliphatic carbocycles. The van der Waals surface area contributed by atoms with Crippen molar-refractivity contribution in [2.75, 3.05) is 41.8 Å². The number of aryl methyl sites for hydroxylation is 1. The van der Waals surface area contributed by atoms with Crippen LogP contribution in [0.25, 0.3) is 11.3 Å². The minimum Gasteiger partial charge on any atom is -0.354 e. The van der Waals surface area contributed by atoms with Gasteiger partial charge in [0, 0.05) is 54.6 Å². The Balaban J connectivity index is 1.40. The molecule has 12 heteroatoms. The number of hydrogen-bond acceptors (Lipinski definition) is 8. The number of halogens is 2. The fraction of sp³-hybridized carbons (Fsp3) is 0.304. The molecule has 1 aromatic carbocycles. The normalized spacial score (nSPS) is 15.5. The van der Waals surface area contributed by atoms with E-state index in [-0.39, 0.29) is 29.4 Å². The van der Waals surface area contributed by atoms with Crippen LogP contribution in [0.1, 0.15) is 12.1 Å². The van der Waals surface area contributed by atoms with Crippen molar-refractivity contribution in [1.82, 2.24) is 20.1 Å². The molecule has 35 heavy (non-hydrogen) atoms. The van der Waals surface area contributed by atoms with Crippen molar-refractivity contribution in [3.63, 3.8) is 0 Å². The minimum atomic E-state index is -2.95. The highest BCUT2D eigenvalue weighted by Crippen LogP contribution is 2.28. The summed E-state index contributed by atoms with van der Waals surface area (Å²) in [6, 6.07) is 9.30. The maximum Gasteiger partial charge on any atom is 0.226 e. The minimum absolute atomic E-state index is 0.124. The van der Waals surface area contributed by atoms with Crippen molar-refractivity contribution < 1.29 is 17.6 Å². The van der Waals surface area contributed by atoms with Gasteiger partial charge in [0.15, 0.2) is 9.84 Å². The number of benzene rings is 1. The summed E-state index contributed by atoms with van der Waals surface area (Å²) in [4.78, 5) is 18.5. The smallest absolute Gasteiger partial charge is 0.226 e. The zero-order chi connectivity index (χ0) is 25.0. The number of aromatic nitrogens is 3. The molecule has 3 heterocycles. The van der Waals surface area contributed by atoms with Gasteiger partial charge in [0.05, 0.1) is 28.6 Å². The Morgan fingerprint density at radius 2 is 1.91 bits per heavy atom. The quantitative estimate of drug-likeness (QED) is 0.488. The highest BCUT2D eigenvalue weighted by atomic mass is 35.5. The molecule has 3 aromatic rings. The van der Waals surface area contributed by atoms with Gasteiger partial charge in [0.1, 0.15) is 11.6 Å². The molecule has 1 aliphatic rings. The number of nitrogens with zero attached hydrogens (tertiary/aromatic N) is 4. The van der Waals surface area contributed by atoms with Crippen LogP contribution in [0.3, 0.4) is 0 Å². The van der Waals surface area contributed by atoms with E-state index in [1.165, 1.54) is 18.2 Å². The van der Waals surface area contributed by atoms with Gasteiger partial charge in [-0.25, -0.2) is 17.8 Å². The van der Waals surface area contributed by atoms with E-state index in [0.717, 1.165) is 0 Å². The molecule has 9 nitrogen and oxygen atoms in total. The Morgan fingerprint density at radius 3 is 2.69 bits per heavy atom. The predicted octanol–water partition coefficient (Wildman–Crippen LogP) is 3.44. The van der Waals surface area contributed by atoms with Crippen molar-refractivity contribution in [3.8, 4) is 11.3 Å². The highest BCUT2D eigenvalue weighted by Gasteiger charge is 2.21. The van der Waals surface area contributed by atoms with Crippen molar-refractivity contribution in [2.45, 2.75) is 13.3 Å². The van der Waals surface area contributed by atoms with Crippen LogP contribution in [0.2, 0.25) is 5.02 Å². The zero-order valence-corrected chi connectivity index (χ0v) is 20.5. The monoisotopic (exact) mass is 518 g/mol. The molecular weight excluding hydrogens is 495 g/mol. The molecule has 2 N–H and O–H groups in total. The Morgan fingerprint density at radius 1 is 1.14 bits per heavy atom. The van der Waals surface area contributed by atoms with E-state index < -0.39 is 15.7 Å². The molecule has 1 amide bonds. The summed E-state index contributed by atoms with van der Waals surface area (Å²) in [6.07, 6.45) is 1.77. The molecule has 2 aromatic heterocycles. The number of carbonyl (C=O) groups is 1. The molecule has 0 saturated carbocycles. The van der Waals surface area contributed by atoms with E-state index >= 15 is 0 Å². The Labute approximate surface area is 207 Å². The van der Waals surface area contributed by atoms with Gasteiger partial charge in [-0.3, -0.25) is 4.79 Å². The summed E-state index contributed by atoms with van der Waals surface area (Å²) in [6.45, 7) is 3.12. The first-order chi connectivity index (χ1) is 16.7. The largest absolute Gasteiger partial charge is 0.354 e. The number of nitrogens with one attached hydrogen (secondary N) is 2. The van der Waals surface area contributed by atoms with Crippen molar-refractivity contribution in [3.05, 3.63) is 59.1 Å². The number of sulfone groups is 1. The molecule has 0 unspecified atom stereocenters. The summed E-state index contributed by atoms with van der Waals surface area (Å²) in [5, 5.41) is 14.6. The summed E-state index contributed by atoms with van der Waals surface area (Å²) < 4.78 is 37.3. The summed E-state index contributed by atoms with van der Waals surface area (Å²) in [5.74, 6) is -0.0679. The maximum absolute atomic E-state index is 14.3. The third-order valence-electron chi connectivity index (χ3n) is 5.58. The molecule has 0 bridgehead atoms. The second-order valence-electron chi connectivity index (χ2n) is 8.20. The molecule has 1 saturated heterocycles. The molecule has 0 spiro atoms.